The molecule has 1 aliphatic rings. The third-order valence-electron chi connectivity index (χ3n) is 3.11. The van der Waals surface area contributed by atoms with Crippen LogP contribution < -0.4 is 11.4 Å². The van der Waals surface area contributed by atoms with Crippen molar-refractivity contribution in [2.75, 3.05) is 12.3 Å². The van der Waals surface area contributed by atoms with Crippen LogP contribution in [0.2, 0.25) is 0 Å². The van der Waals surface area contributed by atoms with Gasteiger partial charge in [0, 0.05) is 12.5 Å². The molecule has 8 heteroatoms. The third-order valence-corrected chi connectivity index (χ3v) is 3.11. The highest BCUT2D eigenvalue weighted by Crippen LogP contribution is 2.33. The van der Waals surface area contributed by atoms with E-state index in [0.717, 1.165) is 4.57 Å². The second-order valence-corrected chi connectivity index (χ2v) is 4.13. The van der Waals surface area contributed by atoms with Gasteiger partial charge in [0.2, 0.25) is 5.95 Å². The van der Waals surface area contributed by atoms with Gasteiger partial charge in [0.05, 0.1) is 12.1 Å². The topological polar surface area (TPSA) is 134 Å². The molecule has 17 heavy (non-hydrogen) atoms. The fraction of sp³-hybridized carbons (Fsp3) is 0.667. The molecular formula is C9H14N4O4. The summed E-state index contributed by atoms with van der Waals surface area (Å²) < 4.78 is 1.12. The number of aliphatic hydroxyl groups excluding tert-OH is 3. The molecule has 0 unspecified atom stereocenters. The van der Waals surface area contributed by atoms with Crippen molar-refractivity contribution in [1.82, 2.24) is 14.5 Å². The smallest absolute Gasteiger partial charge is 0.352 e. The minimum Gasteiger partial charge on any atom is -0.396 e. The van der Waals surface area contributed by atoms with E-state index in [-0.39, 0.29) is 19.0 Å². The predicted molar refractivity (Wildman–Crippen MR) is 56.9 cm³/mol. The maximum Gasteiger partial charge on any atom is 0.352 e. The lowest BCUT2D eigenvalue weighted by Crippen LogP contribution is -2.35. The summed E-state index contributed by atoms with van der Waals surface area (Å²) in [5, 5.41) is 28.5. The molecule has 1 aliphatic carbocycles. The van der Waals surface area contributed by atoms with Crippen LogP contribution in [-0.4, -0.2) is 48.7 Å². The van der Waals surface area contributed by atoms with Crippen LogP contribution in [0.15, 0.2) is 11.1 Å². The van der Waals surface area contributed by atoms with Crippen molar-refractivity contribution < 1.29 is 15.3 Å². The summed E-state index contributed by atoms with van der Waals surface area (Å²) in [5.74, 6) is -0.600. The van der Waals surface area contributed by atoms with E-state index in [0.29, 0.717) is 0 Å². The minimum absolute atomic E-state index is 0.141. The second kappa shape index (κ2) is 4.40. The van der Waals surface area contributed by atoms with Crippen LogP contribution in [0.4, 0.5) is 5.95 Å². The number of nitrogens with zero attached hydrogens (tertiary/aromatic N) is 3. The molecule has 4 atom stereocenters. The normalized spacial score (nSPS) is 32.9. The predicted octanol–water partition coefficient (Wildman–Crippen LogP) is -2.50. The van der Waals surface area contributed by atoms with Crippen LogP contribution >= 0.6 is 0 Å². The van der Waals surface area contributed by atoms with Gasteiger partial charge in [-0.3, -0.25) is 4.57 Å². The average molecular weight is 242 g/mol. The highest BCUT2D eigenvalue weighted by Gasteiger charge is 2.42. The Bertz CT molecular complexity index is 463. The van der Waals surface area contributed by atoms with Crippen LogP contribution in [0, 0.1) is 5.92 Å². The van der Waals surface area contributed by atoms with Gasteiger partial charge in [0.15, 0.2) is 0 Å². The molecular weight excluding hydrogens is 228 g/mol. The average Bonchev–Trinajstić information content (AvgIpc) is 2.57. The molecule has 1 saturated carbocycles. The summed E-state index contributed by atoms with van der Waals surface area (Å²) in [6, 6.07) is -0.643. The number of rotatable bonds is 2. The van der Waals surface area contributed by atoms with E-state index in [1.165, 1.54) is 6.33 Å². The summed E-state index contributed by atoms with van der Waals surface area (Å²) in [7, 11) is 0. The van der Waals surface area contributed by atoms with Crippen LogP contribution in [-0.2, 0) is 0 Å². The van der Waals surface area contributed by atoms with E-state index in [1.807, 2.05) is 0 Å². The number of hydrogen-bond acceptors (Lipinski definition) is 7. The zero-order chi connectivity index (χ0) is 12.6. The van der Waals surface area contributed by atoms with Crippen LogP contribution in [0.1, 0.15) is 12.5 Å². The molecule has 2 rings (SSSR count). The molecule has 0 amide bonds. The summed E-state index contributed by atoms with van der Waals surface area (Å²) in [6.45, 7) is -0.251. The van der Waals surface area contributed by atoms with E-state index in [4.69, 9.17) is 10.8 Å². The van der Waals surface area contributed by atoms with Crippen LogP contribution in [0.5, 0.6) is 0 Å². The summed E-state index contributed by atoms with van der Waals surface area (Å²) in [4.78, 5) is 18.7. The maximum absolute atomic E-state index is 11.6. The number of aromatic nitrogens is 3. The van der Waals surface area contributed by atoms with E-state index in [9.17, 15) is 15.0 Å². The standard InChI is InChI=1S/C9H14N4O4/c10-8-11-3-13(9(17)12-8)5-1-4(2-14)6(15)7(5)16/h3-7,14-16H,1-2H2,(H2,10,12,17)/t4-,5-,6-,7+/m1/s1. The zero-order valence-electron chi connectivity index (χ0n) is 8.97. The quantitative estimate of drug-likeness (QED) is 0.450. The van der Waals surface area contributed by atoms with Gasteiger partial charge >= 0.3 is 5.69 Å². The van der Waals surface area contributed by atoms with Gasteiger partial charge in [-0.05, 0) is 6.42 Å². The van der Waals surface area contributed by atoms with Crippen molar-refractivity contribution in [3.05, 3.63) is 16.8 Å². The first-order valence-electron chi connectivity index (χ1n) is 5.22. The molecule has 94 valence electrons. The van der Waals surface area contributed by atoms with Crippen LogP contribution in [0.3, 0.4) is 0 Å². The Hall–Kier alpha value is -1.51. The number of hydrogen-bond donors (Lipinski definition) is 4. The first kappa shape index (κ1) is 12.0. The van der Waals surface area contributed by atoms with E-state index < -0.39 is 29.9 Å². The molecule has 0 aliphatic heterocycles. The van der Waals surface area contributed by atoms with Crippen molar-refractivity contribution in [3.8, 4) is 0 Å². The Morgan fingerprint density at radius 1 is 1.47 bits per heavy atom. The highest BCUT2D eigenvalue weighted by molar-refractivity contribution is 5.10. The van der Waals surface area contributed by atoms with Crippen LogP contribution in [0.25, 0.3) is 0 Å². The van der Waals surface area contributed by atoms with E-state index >= 15 is 0 Å². The summed E-state index contributed by atoms with van der Waals surface area (Å²) >= 11 is 0. The first-order valence-corrected chi connectivity index (χ1v) is 5.22. The molecule has 0 saturated heterocycles. The lowest BCUT2D eigenvalue weighted by atomic mass is 10.1. The Labute approximate surface area is 96.4 Å². The van der Waals surface area contributed by atoms with Crippen molar-refractivity contribution in [2.45, 2.75) is 24.7 Å². The van der Waals surface area contributed by atoms with Crippen molar-refractivity contribution in [3.63, 3.8) is 0 Å². The minimum atomic E-state index is -1.13. The fourth-order valence-electron chi connectivity index (χ4n) is 2.14. The van der Waals surface area contributed by atoms with Gasteiger partial charge in [-0.25, -0.2) is 9.78 Å². The summed E-state index contributed by atoms with van der Waals surface area (Å²) in [5.41, 5.74) is 4.62. The first-order chi connectivity index (χ1) is 8.04. The van der Waals surface area contributed by atoms with Crippen molar-refractivity contribution >= 4 is 5.95 Å². The largest absolute Gasteiger partial charge is 0.396 e. The van der Waals surface area contributed by atoms with Gasteiger partial charge in [-0.15, -0.1) is 0 Å². The lowest BCUT2D eigenvalue weighted by Gasteiger charge is -2.17. The molecule has 0 radical (unpaired) electrons. The number of anilines is 1. The summed E-state index contributed by atoms with van der Waals surface area (Å²) in [6.07, 6.45) is -0.719. The molecule has 1 aromatic heterocycles. The van der Waals surface area contributed by atoms with E-state index in [1.54, 1.807) is 0 Å². The number of nitrogen functional groups attached to an aromatic ring is 1. The molecule has 1 fully saturated rings. The Morgan fingerprint density at radius 2 is 2.18 bits per heavy atom. The highest BCUT2D eigenvalue weighted by atomic mass is 16.3. The molecule has 1 aromatic rings. The van der Waals surface area contributed by atoms with Crippen molar-refractivity contribution in [1.29, 1.82) is 0 Å². The van der Waals surface area contributed by atoms with Gasteiger partial charge < -0.3 is 21.1 Å². The molecule has 0 bridgehead atoms. The molecule has 0 aromatic carbocycles. The van der Waals surface area contributed by atoms with Gasteiger partial charge in [0.1, 0.15) is 12.4 Å². The van der Waals surface area contributed by atoms with E-state index in [2.05, 4.69) is 9.97 Å². The zero-order valence-corrected chi connectivity index (χ0v) is 8.97. The van der Waals surface area contributed by atoms with Gasteiger partial charge in [-0.2, -0.15) is 4.98 Å². The molecule has 8 nitrogen and oxygen atoms in total. The van der Waals surface area contributed by atoms with Crippen molar-refractivity contribution in [2.24, 2.45) is 5.92 Å². The van der Waals surface area contributed by atoms with Gasteiger partial charge in [-0.1, -0.05) is 0 Å². The number of aliphatic hydroxyl groups is 3. The fourth-order valence-corrected chi connectivity index (χ4v) is 2.14. The van der Waals surface area contributed by atoms with Gasteiger partial charge in [0.25, 0.3) is 0 Å². The molecule has 5 N–H and O–H groups in total. The second-order valence-electron chi connectivity index (χ2n) is 4.13. The Morgan fingerprint density at radius 3 is 2.71 bits per heavy atom. The molecule has 0 spiro atoms. The number of nitrogens with two attached hydrogens (primary N) is 1. The Kier molecular flexibility index (Phi) is 3.09. The third kappa shape index (κ3) is 2.02. The maximum atomic E-state index is 11.6. The monoisotopic (exact) mass is 242 g/mol. The Balaban J connectivity index is 2.32. The SMILES string of the molecule is Nc1ncn([C@@H]2C[C@H](CO)[C@@H](O)[C@H]2O)c(=O)n1. The molecule has 1 heterocycles. The lowest BCUT2D eigenvalue weighted by molar-refractivity contribution is -0.00465.